The summed E-state index contributed by atoms with van der Waals surface area (Å²) < 4.78 is 25.0. The summed E-state index contributed by atoms with van der Waals surface area (Å²) in [4.78, 5) is 37.4. The van der Waals surface area contributed by atoms with Crippen molar-refractivity contribution in [3.8, 4) is 11.5 Å². The molecule has 7 nitrogen and oxygen atoms in total. The second-order valence-corrected chi connectivity index (χ2v) is 6.84. The van der Waals surface area contributed by atoms with Gasteiger partial charge < -0.3 is 24.5 Å². The first-order valence-electron chi connectivity index (χ1n) is 9.53. The van der Waals surface area contributed by atoms with E-state index in [1.807, 2.05) is 0 Å². The summed E-state index contributed by atoms with van der Waals surface area (Å²) in [7, 11) is 2.98. The number of fused-ring (bicyclic) bond motifs is 1. The molecule has 1 N–H and O–H groups in total. The minimum Gasteiger partial charge on any atom is -0.497 e. The summed E-state index contributed by atoms with van der Waals surface area (Å²) in [6, 6.07) is 8.66. The van der Waals surface area contributed by atoms with Crippen LogP contribution in [0.1, 0.15) is 34.3 Å². The molecule has 1 aliphatic heterocycles. The first-order valence-corrected chi connectivity index (χ1v) is 9.53. The Labute approximate surface area is 173 Å². The van der Waals surface area contributed by atoms with Gasteiger partial charge in [0.25, 0.3) is 5.91 Å². The number of nitrogens with one attached hydrogen (secondary N) is 1. The van der Waals surface area contributed by atoms with Gasteiger partial charge in [-0.15, -0.1) is 0 Å². The predicted molar refractivity (Wildman–Crippen MR) is 107 cm³/mol. The maximum absolute atomic E-state index is 14.1. The number of carbonyl (C=O) groups is 3. The molecular weight excluding hydrogens is 391 g/mol. The van der Waals surface area contributed by atoms with Crippen LogP contribution in [0.2, 0.25) is 0 Å². The van der Waals surface area contributed by atoms with Crippen LogP contribution in [0, 0.1) is 5.82 Å². The predicted octanol–water partition coefficient (Wildman–Crippen LogP) is 2.46. The molecule has 2 aromatic carbocycles. The first kappa shape index (κ1) is 21.3. The number of aldehydes is 1. The third-order valence-electron chi connectivity index (χ3n) is 5.07. The van der Waals surface area contributed by atoms with Gasteiger partial charge in [-0.1, -0.05) is 6.07 Å². The average molecular weight is 414 g/mol. The van der Waals surface area contributed by atoms with Crippen LogP contribution in [0.15, 0.2) is 36.4 Å². The largest absolute Gasteiger partial charge is 0.497 e. The lowest BCUT2D eigenvalue weighted by molar-refractivity contribution is -0.125. The molecule has 1 unspecified atom stereocenters. The molecule has 0 spiro atoms. The van der Waals surface area contributed by atoms with Crippen LogP contribution >= 0.6 is 0 Å². The van der Waals surface area contributed by atoms with Gasteiger partial charge in [0.1, 0.15) is 36.3 Å². The highest BCUT2D eigenvalue weighted by atomic mass is 19.1. The van der Waals surface area contributed by atoms with Gasteiger partial charge in [0.2, 0.25) is 5.91 Å². The average Bonchev–Trinajstić information content (AvgIpc) is 3.10. The lowest BCUT2D eigenvalue weighted by atomic mass is 10.1. The molecule has 1 heterocycles. The fourth-order valence-corrected chi connectivity index (χ4v) is 3.48. The first-order chi connectivity index (χ1) is 14.5. The van der Waals surface area contributed by atoms with Crippen molar-refractivity contribution in [2.45, 2.75) is 32.0 Å². The van der Waals surface area contributed by atoms with Crippen molar-refractivity contribution in [3.05, 3.63) is 58.9 Å². The Balaban J connectivity index is 1.82. The van der Waals surface area contributed by atoms with E-state index in [-0.39, 0.29) is 37.8 Å². The van der Waals surface area contributed by atoms with Crippen LogP contribution in [-0.2, 0) is 22.7 Å². The van der Waals surface area contributed by atoms with Crippen LogP contribution in [0.4, 0.5) is 4.39 Å². The molecule has 0 aliphatic carbocycles. The second kappa shape index (κ2) is 9.39. The summed E-state index contributed by atoms with van der Waals surface area (Å²) in [5, 5.41) is 2.54. The van der Waals surface area contributed by atoms with E-state index in [2.05, 4.69) is 5.32 Å². The Kier molecular flexibility index (Phi) is 6.66. The van der Waals surface area contributed by atoms with Crippen molar-refractivity contribution in [2.24, 2.45) is 0 Å². The van der Waals surface area contributed by atoms with Crippen LogP contribution in [-0.4, -0.2) is 43.2 Å². The summed E-state index contributed by atoms with van der Waals surface area (Å²) in [5.74, 6) is -0.106. The van der Waals surface area contributed by atoms with Crippen molar-refractivity contribution >= 4 is 18.1 Å². The number of methoxy groups -OCH3 is 1. The van der Waals surface area contributed by atoms with Crippen LogP contribution in [0.5, 0.6) is 11.5 Å². The number of halogens is 1. The van der Waals surface area contributed by atoms with E-state index in [9.17, 15) is 18.8 Å². The second-order valence-electron chi connectivity index (χ2n) is 6.84. The molecule has 158 valence electrons. The summed E-state index contributed by atoms with van der Waals surface area (Å²) in [5.41, 5.74) is 1.38. The third kappa shape index (κ3) is 4.27. The molecule has 1 aliphatic rings. The van der Waals surface area contributed by atoms with E-state index < -0.39 is 11.9 Å². The maximum atomic E-state index is 14.1. The maximum Gasteiger partial charge on any atom is 0.255 e. The number of amides is 2. The summed E-state index contributed by atoms with van der Waals surface area (Å²) in [6.45, 7) is 0.125. The minimum absolute atomic E-state index is 0.0440. The van der Waals surface area contributed by atoms with Gasteiger partial charge in [0.15, 0.2) is 0 Å². The van der Waals surface area contributed by atoms with E-state index in [4.69, 9.17) is 9.47 Å². The van der Waals surface area contributed by atoms with Crippen molar-refractivity contribution in [1.82, 2.24) is 10.2 Å². The highest BCUT2D eigenvalue weighted by Gasteiger charge is 2.37. The van der Waals surface area contributed by atoms with Gasteiger partial charge in [-0.2, -0.15) is 0 Å². The highest BCUT2D eigenvalue weighted by Crippen LogP contribution is 2.33. The Morgan fingerprint density at radius 2 is 2.13 bits per heavy atom. The molecule has 1 atom stereocenters. The SMILES string of the molecule is CNC(=O)C(CCC=O)N1Cc2c(OCc3cc(OC)ccc3F)cccc2C1=O. The van der Waals surface area contributed by atoms with E-state index in [0.29, 0.717) is 28.2 Å². The van der Waals surface area contributed by atoms with Crippen LogP contribution in [0.25, 0.3) is 0 Å². The molecule has 0 fully saturated rings. The van der Waals surface area contributed by atoms with E-state index >= 15 is 0 Å². The lowest BCUT2D eigenvalue weighted by Crippen LogP contribution is -2.46. The fourth-order valence-electron chi connectivity index (χ4n) is 3.48. The Morgan fingerprint density at radius 1 is 1.33 bits per heavy atom. The number of ether oxygens (including phenoxy) is 2. The molecule has 0 aromatic heterocycles. The number of benzene rings is 2. The smallest absolute Gasteiger partial charge is 0.255 e. The molecule has 0 saturated carbocycles. The normalized spacial score (nSPS) is 13.6. The molecule has 8 heteroatoms. The van der Waals surface area contributed by atoms with Gasteiger partial charge in [0.05, 0.1) is 13.7 Å². The number of nitrogens with zero attached hydrogens (tertiary/aromatic N) is 1. The highest BCUT2D eigenvalue weighted by molar-refractivity contribution is 6.01. The summed E-state index contributed by atoms with van der Waals surface area (Å²) >= 11 is 0. The monoisotopic (exact) mass is 414 g/mol. The summed E-state index contributed by atoms with van der Waals surface area (Å²) in [6.07, 6.45) is 1.12. The zero-order chi connectivity index (χ0) is 21.7. The Hall–Kier alpha value is -3.42. The molecule has 0 radical (unpaired) electrons. The molecule has 2 amide bonds. The van der Waals surface area contributed by atoms with E-state index in [1.54, 1.807) is 24.3 Å². The molecule has 3 rings (SSSR count). The fraction of sp³-hybridized carbons (Fsp3) is 0.318. The van der Waals surface area contributed by atoms with Crippen LogP contribution < -0.4 is 14.8 Å². The van der Waals surface area contributed by atoms with E-state index in [1.165, 1.54) is 31.2 Å². The van der Waals surface area contributed by atoms with Gasteiger partial charge in [-0.05, 0) is 36.8 Å². The zero-order valence-electron chi connectivity index (χ0n) is 16.8. The topological polar surface area (TPSA) is 84.9 Å². The van der Waals surface area contributed by atoms with E-state index in [0.717, 1.165) is 6.29 Å². The number of hydrogen-bond donors (Lipinski definition) is 1. The third-order valence-corrected chi connectivity index (χ3v) is 5.07. The number of carbonyl (C=O) groups excluding carboxylic acids is 3. The Bertz CT molecular complexity index is 963. The van der Waals surface area contributed by atoms with Gasteiger partial charge in [0, 0.05) is 30.2 Å². The molecule has 30 heavy (non-hydrogen) atoms. The molecule has 0 saturated heterocycles. The molecule has 0 bridgehead atoms. The molecular formula is C22H23FN2O5. The van der Waals surface area contributed by atoms with Crippen molar-refractivity contribution < 1.29 is 28.2 Å². The minimum atomic E-state index is -0.760. The number of hydrogen-bond acceptors (Lipinski definition) is 5. The lowest BCUT2D eigenvalue weighted by Gasteiger charge is -2.25. The quantitative estimate of drug-likeness (QED) is 0.637. The van der Waals surface area contributed by atoms with Crippen molar-refractivity contribution in [2.75, 3.05) is 14.2 Å². The van der Waals surface area contributed by atoms with Gasteiger partial charge in [-0.3, -0.25) is 9.59 Å². The van der Waals surface area contributed by atoms with Gasteiger partial charge >= 0.3 is 0 Å². The standard InChI is InChI=1S/C22H23FN2O5/c1-24-21(27)19(6-4-10-26)25-12-17-16(22(25)28)5-3-7-20(17)30-13-14-11-15(29-2)8-9-18(14)23/h3,5,7-11,19H,4,6,12-13H2,1-2H3,(H,24,27). The Morgan fingerprint density at radius 3 is 2.83 bits per heavy atom. The molecule has 2 aromatic rings. The zero-order valence-corrected chi connectivity index (χ0v) is 16.8. The number of rotatable bonds is 9. The van der Waals surface area contributed by atoms with Crippen molar-refractivity contribution in [1.29, 1.82) is 0 Å². The number of likely N-dealkylation sites (N-methyl/N-ethyl adjacent to an activating group) is 1. The van der Waals surface area contributed by atoms with Crippen LogP contribution in [0.3, 0.4) is 0 Å². The van der Waals surface area contributed by atoms with Crippen molar-refractivity contribution in [3.63, 3.8) is 0 Å². The van der Waals surface area contributed by atoms with Gasteiger partial charge in [-0.25, -0.2) is 4.39 Å².